The number of furan rings is 1. The number of anilines is 1. The molecule has 152 valence electrons. The predicted octanol–water partition coefficient (Wildman–Crippen LogP) is 4.27. The number of nitro benzene ring substituents is 1. The van der Waals surface area contributed by atoms with Crippen LogP contribution in [0.5, 0.6) is 0 Å². The third kappa shape index (κ3) is 3.65. The smallest absolute Gasteiger partial charge is 0.291 e. The van der Waals surface area contributed by atoms with Gasteiger partial charge in [-0.05, 0) is 36.4 Å². The van der Waals surface area contributed by atoms with Crippen molar-refractivity contribution in [2.75, 3.05) is 5.32 Å². The fourth-order valence-electron chi connectivity index (χ4n) is 2.95. The lowest BCUT2D eigenvalue weighted by Gasteiger charge is -2.04. The molecule has 0 radical (unpaired) electrons. The molecule has 0 aliphatic heterocycles. The molecular formula is C20H12N6O4S. The molecule has 0 saturated carbocycles. The van der Waals surface area contributed by atoms with Crippen LogP contribution in [0.3, 0.4) is 0 Å². The summed E-state index contributed by atoms with van der Waals surface area (Å²) in [4.78, 5) is 23.7. The van der Waals surface area contributed by atoms with Crippen LogP contribution in [0.4, 0.5) is 11.4 Å². The Morgan fingerprint density at radius 2 is 1.94 bits per heavy atom. The van der Waals surface area contributed by atoms with Gasteiger partial charge in [0.2, 0.25) is 4.96 Å². The van der Waals surface area contributed by atoms with Crippen molar-refractivity contribution in [2.24, 2.45) is 0 Å². The van der Waals surface area contributed by atoms with Crippen molar-refractivity contribution >= 4 is 33.6 Å². The molecule has 31 heavy (non-hydrogen) atoms. The molecule has 5 aromatic rings. The van der Waals surface area contributed by atoms with Crippen LogP contribution in [0.15, 0.2) is 71.4 Å². The summed E-state index contributed by atoms with van der Waals surface area (Å²) >= 11 is 1.41. The quantitative estimate of drug-likeness (QED) is 0.324. The number of fused-ring (bicyclic) bond motifs is 1. The van der Waals surface area contributed by atoms with Gasteiger partial charge in [-0.15, -0.1) is 10.2 Å². The molecule has 1 N–H and O–H groups in total. The highest BCUT2D eigenvalue weighted by molar-refractivity contribution is 7.19. The van der Waals surface area contributed by atoms with Gasteiger partial charge in [0.15, 0.2) is 5.76 Å². The molecule has 10 nitrogen and oxygen atoms in total. The zero-order chi connectivity index (χ0) is 21.4. The summed E-state index contributed by atoms with van der Waals surface area (Å²) in [7, 11) is 0. The zero-order valence-corrected chi connectivity index (χ0v) is 16.4. The second kappa shape index (κ2) is 7.46. The molecule has 0 spiro atoms. The van der Waals surface area contributed by atoms with Crippen molar-refractivity contribution in [1.29, 1.82) is 0 Å². The maximum atomic E-state index is 12.5. The third-order valence-corrected chi connectivity index (χ3v) is 5.41. The van der Waals surface area contributed by atoms with E-state index in [4.69, 9.17) is 4.42 Å². The van der Waals surface area contributed by atoms with Crippen molar-refractivity contribution in [1.82, 2.24) is 19.8 Å². The fourth-order valence-corrected chi connectivity index (χ4v) is 3.78. The number of benzene rings is 2. The lowest BCUT2D eigenvalue weighted by molar-refractivity contribution is -0.384. The number of hydrogen-bond acceptors (Lipinski definition) is 8. The molecule has 1 amide bonds. The van der Waals surface area contributed by atoms with Gasteiger partial charge in [-0.2, -0.15) is 9.61 Å². The highest BCUT2D eigenvalue weighted by Gasteiger charge is 2.15. The Labute approximate surface area is 177 Å². The fraction of sp³-hybridized carbons (Fsp3) is 0. The Morgan fingerprint density at radius 1 is 1.10 bits per heavy atom. The van der Waals surface area contributed by atoms with E-state index in [2.05, 4.69) is 20.6 Å². The standard InChI is InChI=1S/C20H12N6O4S/c27-18(17-9-8-16(30-17)13-2-1-3-15(10-13)26(28)29)22-14-6-4-12(5-7-14)19-24-25-11-21-23-20(25)31-19/h1-11H,(H,22,27). The predicted molar refractivity (Wildman–Crippen MR) is 113 cm³/mol. The number of nitrogens with zero attached hydrogens (tertiary/aromatic N) is 5. The summed E-state index contributed by atoms with van der Waals surface area (Å²) in [5, 5.41) is 26.6. The molecule has 0 saturated heterocycles. The van der Waals surface area contributed by atoms with E-state index >= 15 is 0 Å². The number of nitro groups is 1. The minimum atomic E-state index is -0.482. The Hall–Kier alpha value is -4.38. The summed E-state index contributed by atoms with van der Waals surface area (Å²) in [6.45, 7) is 0. The molecule has 0 bridgehead atoms. The van der Waals surface area contributed by atoms with Gasteiger partial charge in [-0.3, -0.25) is 14.9 Å². The van der Waals surface area contributed by atoms with Gasteiger partial charge in [-0.1, -0.05) is 23.5 Å². The van der Waals surface area contributed by atoms with E-state index in [0.29, 0.717) is 22.0 Å². The minimum Gasteiger partial charge on any atom is -0.451 e. The number of hydrogen-bond donors (Lipinski definition) is 1. The monoisotopic (exact) mass is 432 g/mol. The first kappa shape index (κ1) is 18.6. The van der Waals surface area contributed by atoms with Gasteiger partial charge in [0, 0.05) is 28.9 Å². The Morgan fingerprint density at radius 3 is 2.71 bits per heavy atom. The molecule has 0 aliphatic rings. The zero-order valence-electron chi connectivity index (χ0n) is 15.6. The molecule has 3 heterocycles. The summed E-state index contributed by atoms with van der Waals surface area (Å²) in [6.07, 6.45) is 1.54. The minimum absolute atomic E-state index is 0.0511. The van der Waals surface area contributed by atoms with Crippen LogP contribution >= 0.6 is 11.3 Å². The lowest BCUT2D eigenvalue weighted by atomic mass is 10.1. The first-order chi connectivity index (χ1) is 15.1. The molecule has 0 atom stereocenters. The molecule has 5 rings (SSSR count). The van der Waals surface area contributed by atoms with Crippen LogP contribution in [0.25, 0.3) is 26.9 Å². The van der Waals surface area contributed by atoms with Gasteiger partial charge in [0.25, 0.3) is 11.6 Å². The Kier molecular flexibility index (Phi) is 4.49. The third-order valence-electron chi connectivity index (χ3n) is 4.45. The SMILES string of the molecule is O=C(Nc1ccc(-c2nn3cnnc3s2)cc1)c1ccc(-c2cccc([N+](=O)[O-])c2)o1. The van der Waals surface area contributed by atoms with Crippen molar-refractivity contribution in [3.05, 3.63) is 82.9 Å². The highest BCUT2D eigenvalue weighted by atomic mass is 32.1. The van der Waals surface area contributed by atoms with E-state index in [1.54, 1.807) is 34.8 Å². The van der Waals surface area contributed by atoms with Crippen LogP contribution in [-0.4, -0.2) is 30.6 Å². The van der Waals surface area contributed by atoms with Gasteiger partial charge >= 0.3 is 0 Å². The lowest BCUT2D eigenvalue weighted by Crippen LogP contribution is -2.10. The number of rotatable bonds is 5. The first-order valence-electron chi connectivity index (χ1n) is 9.00. The Bertz CT molecular complexity index is 1390. The van der Waals surface area contributed by atoms with Gasteiger partial charge in [0.1, 0.15) is 17.1 Å². The molecule has 2 aromatic carbocycles. The average Bonchev–Trinajstić information content (AvgIpc) is 3.51. The number of carbonyl (C=O) groups is 1. The van der Waals surface area contributed by atoms with Crippen molar-refractivity contribution in [3.8, 4) is 21.9 Å². The van der Waals surface area contributed by atoms with Crippen molar-refractivity contribution < 1.29 is 14.1 Å². The van der Waals surface area contributed by atoms with Crippen LogP contribution in [-0.2, 0) is 0 Å². The molecule has 11 heteroatoms. The second-order valence-electron chi connectivity index (χ2n) is 6.47. The van der Waals surface area contributed by atoms with E-state index in [0.717, 1.165) is 10.6 Å². The summed E-state index contributed by atoms with van der Waals surface area (Å²) in [5.74, 6) is 0.0370. The summed E-state index contributed by atoms with van der Waals surface area (Å²) < 4.78 is 7.20. The maximum absolute atomic E-state index is 12.5. The van der Waals surface area contributed by atoms with Crippen LogP contribution in [0.2, 0.25) is 0 Å². The largest absolute Gasteiger partial charge is 0.451 e. The normalized spacial score (nSPS) is 11.0. The number of carbonyl (C=O) groups excluding carboxylic acids is 1. The Balaban J connectivity index is 1.31. The van der Waals surface area contributed by atoms with E-state index in [1.165, 1.54) is 35.9 Å². The van der Waals surface area contributed by atoms with E-state index in [-0.39, 0.29) is 11.4 Å². The van der Waals surface area contributed by atoms with E-state index < -0.39 is 10.8 Å². The maximum Gasteiger partial charge on any atom is 0.291 e. The van der Waals surface area contributed by atoms with Gasteiger partial charge in [-0.25, -0.2) is 0 Å². The number of nitrogens with one attached hydrogen (secondary N) is 1. The average molecular weight is 432 g/mol. The molecule has 0 unspecified atom stereocenters. The van der Waals surface area contributed by atoms with Crippen molar-refractivity contribution in [2.45, 2.75) is 0 Å². The van der Waals surface area contributed by atoms with Crippen LogP contribution < -0.4 is 5.32 Å². The second-order valence-corrected chi connectivity index (χ2v) is 7.42. The topological polar surface area (TPSA) is 128 Å². The van der Waals surface area contributed by atoms with Crippen LogP contribution in [0, 0.1) is 10.1 Å². The van der Waals surface area contributed by atoms with E-state index in [1.807, 2.05) is 12.1 Å². The number of aromatic nitrogens is 4. The van der Waals surface area contributed by atoms with Gasteiger partial charge in [0.05, 0.1) is 4.92 Å². The molecule has 0 fully saturated rings. The van der Waals surface area contributed by atoms with Crippen molar-refractivity contribution in [3.63, 3.8) is 0 Å². The number of non-ortho nitro benzene ring substituents is 1. The summed E-state index contributed by atoms with van der Waals surface area (Å²) in [6, 6.07) is 16.4. The highest BCUT2D eigenvalue weighted by Crippen LogP contribution is 2.28. The van der Waals surface area contributed by atoms with Crippen LogP contribution in [0.1, 0.15) is 10.6 Å². The molecule has 0 aliphatic carbocycles. The van der Waals surface area contributed by atoms with Gasteiger partial charge < -0.3 is 9.73 Å². The summed E-state index contributed by atoms with van der Waals surface area (Å²) in [5.41, 5.74) is 1.94. The molecular weight excluding hydrogens is 420 g/mol. The first-order valence-corrected chi connectivity index (χ1v) is 9.82. The molecule has 3 aromatic heterocycles. The number of amides is 1. The van der Waals surface area contributed by atoms with E-state index in [9.17, 15) is 14.9 Å².